The first-order valence-corrected chi connectivity index (χ1v) is 12.4. The molecule has 39 heavy (non-hydrogen) atoms. The zero-order valence-corrected chi connectivity index (χ0v) is 22.0. The number of esters is 2. The van der Waals surface area contributed by atoms with Crippen molar-refractivity contribution in [3.8, 4) is 17.2 Å². The molecule has 2 atom stereocenters. The normalized spacial score (nSPS) is 12.3. The number of methoxy groups -OCH3 is 1. The van der Waals surface area contributed by atoms with E-state index in [1.165, 1.54) is 14.0 Å². The van der Waals surface area contributed by atoms with Crippen LogP contribution >= 0.6 is 0 Å². The Labute approximate surface area is 226 Å². The van der Waals surface area contributed by atoms with Crippen molar-refractivity contribution in [2.75, 3.05) is 7.11 Å². The van der Waals surface area contributed by atoms with Gasteiger partial charge in [0.2, 0.25) is 5.89 Å². The first-order valence-electron chi connectivity index (χ1n) is 12.4. The number of carbonyl (C=O) groups excluding carboxylic acids is 3. The van der Waals surface area contributed by atoms with Gasteiger partial charge in [-0.15, -0.1) is 0 Å². The monoisotopic (exact) mass is 527 g/mol. The molecule has 0 spiro atoms. The van der Waals surface area contributed by atoms with Crippen LogP contribution in [-0.2, 0) is 25.7 Å². The van der Waals surface area contributed by atoms with Gasteiger partial charge in [0, 0.05) is 24.5 Å². The highest BCUT2D eigenvalue weighted by Gasteiger charge is 2.32. The molecule has 200 valence electrons. The Bertz CT molecular complexity index is 1410. The van der Waals surface area contributed by atoms with Crippen LogP contribution in [0.3, 0.4) is 0 Å². The first-order chi connectivity index (χ1) is 18.9. The van der Waals surface area contributed by atoms with E-state index in [0.717, 1.165) is 5.56 Å². The van der Waals surface area contributed by atoms with Crippen LogP contribution in [0, 0.1) is 6.92 Å². The third kappa shape index (κ3) is 6.98. The van der Waals surface area contributed by atoms with Crippen molar-refractivity contribution in [1.82, 2.24) is 4.98 Å². The number of rotatable bonds is 11. The second kappa shape index (κ2) is 12.7. The highest BCUT2D eigenvalue weighted by atomic mass is 16.6. The number of nitrogens with zero attached hydrogens (tertiary/aromatic N) is 1. The number of ether oxygens (including phenoxy) is 3. The first kappa shape index (κ1) is 27.3. The number of oxazole rings is 1. The second-order valence-electron chi connectivity index (χ2n) is 8.89. The van der Waals surface area contributed by atoms with Crippen LogP contribution in [0.15, 0.2) is 89.3 Å². The van der Waals surface area contributed by atoms with Gasteiger partial charge >= 0.3 is 11.9 Å². The van der Waals surface area contributed by atoms with Gasteiger partial charge in [-0.1, -0.05) is 60.7 Å². The molecule has 8 nitrogen and oxygen atoms in total. The Hall–Kier alpha value is -4.72. The molecule has 8 heteroatoms. The molecule has 0 bridgehead atoms. The summed E-state index contributed by atoms with van der Waals surface area (Å²) in [7, 11) is 1.21. The van der Waals surface area contributed by atoms with E-state index >= 15 is 0 Å². The van der Waals surface area contributed by atoms with E-state index in [9.17, 15) is 14.4 Å². The molecule has 0 aliphatic heterocycles. The lowest BCUT2D eigenvalue weighted by molar-refractivity contribution is -0.165. The molecule has 1 heterocycles. The number of benzene rings is 3. The average molecular weight is 528 g/mol. The summed E-state index contributed by atoms with van der Waals surface area (Å²) in [5.41, 5.74) is 2.67. The predicted molar refractivity (Wildman–Crippen MR) is 143 cm³/mol. The summed E-state index contributed by atoms with van der Waals surface area (Å²) in [4.78, 5) is 42.0. The zero-order valence-electron chi connectivity index (χ0n) is 22.0. The molecule has 1 aromatic heterocycles. The second-order valence-corrected chi connectivity index (χ2v) is 8.89. The lowest BCUT2D eigenvalue weighted by atomic mass is 9.86. The molecule has 0 amide bonds. The van der Waals surface area contributed by atoms with Gasteiger partial charge in [0.15, 0.2) is 11.9 Å². The van der Waals surface area contributed by atoms with Crippen molar-refractivity contribution >= 4 is 17.7 Å². The molecule has 2 unspecified atom stereocenters. The maximum atomic E-state index is 13.5. The van der Waals surface area contributed by atoms with Crippen molar-refractivity contribution in [3.63, 3.8) is 0 Å². The van der Waals surface area contributed by atoms with Crippen LogP contribution in [0.5, 0.6) is 5.75 Å². The van der Waals surface area contributed by atoms with Crippen LogP contribution in [0.1, 0.15) is 46.6 Å². The topological polar surface area (TPSA) is 105 Å². The van der Waals surface area contributed by atoms with E-state index < -0.39 is 24.0 Å². The predicted octanol–water partition coefficient (Wildman–Crippen LogP) is 5.69. The third-order valence-corrected chi connectivity index (χ3v) is 6.17. The third-order valence-electron chi connectivity index (χ3n) is 6.17. The molecule has 0 fully saturated rings. The van der Waals surface area contributed by atoms with Crippen molar-refractivity contribution in [1.29, 1.82) is 0 Å². The maximum absolute atomic E-state index is 13.5. The number of aryl methyl sites for hydroxylation is 1. The minimum absolute atomic E-state index is 0.0689. The molecule has 0 N–H and O–H groups in total. The number of aromatic nitrogens is 1. The standard InChI is InChI=1S/C31H29NO7/c1-20-27(32-30(38-20)24-12-8-5-9-13-24)19-37-25-16-14-22(15-17-25)26(29(34)23-10-6-4-7-11-23)18-28(31(35)36-3)39-21(2)33/h4-17,26,28H,18-19H2,1-3H3. The summed E-state index contributed by atoms with van der Waals surface area (Å²) < 4.78 is 21.7. The van der Waals surface area contributed by atoms with E-state index in [1.54, 1.807) is 48.5 Å². The van der Waals surface area contributed by atoms with Gasteiger partial charge in [0.05, 0.1) is 13.0 Å². The fourth-order valence-electron chi connectivity index (χ4n) is 4.15. The molecule has 0 aliphatic rings. The fourth-order valence-corrected chi connectivity index (χ4v) is 4.15. The Balaban J connectivity index is 1.53. The number of carbonyl (C=O) groups is 3. The molecule has 0 radical (unpaired) electrons. The van der Waals surface area contributed by atoms with E-state index in [4.69, 9.17) is 18.6 Å². The molecule has 4 aromatic rings. The van der Waals surface area contributed by atoms with Crippen LogP contribution in [-0.4, -0.2) is 35.9 Å². The summed E-state index contributed by atoms with van der Waals surface area (Å²) in [5, 5.41) is 0. The fraction of sp³-hybridized carbons (Fsp3) is 0.226. The van der Waals surface area contributed by atoms with Gasteiger partial charge in [-0.2, -0.15) is 0 Å². The summed E-state index contributed by atoms with van der Waals surface area (Å²) in [6.45, 7) is 3.24. The number of Topliss-reactive ketones (excluding diaryl/α,β-unsaturated/α-hetero) is 1. The largest absolute Gasteiger partial charge is 0.487 e. The van der Waals surface area contributed by atoms with Crippen molar-refractivity contribution < 1.29 is 33.0 Å². The van der Waals surface area contributed by atoms with Crippen LogP contribution in [0.25, 0.3) is 11.5 Å². The molecular weight excluding hydrogens is 498 g/mol. The minimum Gasteiger partial charge on any atom is -0.487 e. The smallest absolute Gasteiger partial charge is 0.347 e. The molecule has 0 saturated carbocycles. The SMILES string of the molecule is COC(=O)C(CC(C(=O)c1ccccc1)c1ccc(OCc2nc(-c3ccccc3)oc2C)cc1)OC(C)=O. The van der Waals surface area contributed by atoms with Gasteiger partial charge < -0.3 is 18.6 Å². The number of hydrogen-bond acceptors (Lipinski definition) is 8. The number of ketones is 1. The summed E-state index contributed by atoms with van der Waals surface area (Å²) in [5.74, 6) is -0.589. The van der Waals surface area contributed by atoms with Crippen molar-refractivity contribution in [2.45, 2.75) is 38.9 Å². The Morgan fingerprint density at radius 1 is 0.897 bits per heavy atom. The zero-order chi connectivity index (χ0) is 27.8. The maximum Gasteiger partial charge on any atom is 0.347 e. The molecular formula is C31H29NO7. The van der Waals surface area contributed by atoms with Gasteiger partial charge in [-0.3, -0.25) is 9.59 Å². The quantitative estimate of drug-likeness (QED) is 0.181. The van der Waals surface area contributed by atoms with Gasteiger partial charge in [0.25, 0.3) is 0 Å². The Kier molecular flexibility index (Phi) is 8.89. The summed E-state index contributed by atoms with van der Waals surface area (Å²) >= 11 is 0. The van der Waals surface area contributed by atoms with Crippen molar-refractivity contribution in [2.24, 2.45) is 0 Å². The summed E-state index contributed by atoms with van der Waals surface area (Å²) in [6, 6.07) is 25.4. The lowest BCUT2D eigenvalue weighted by Crippen LogP contribution is -2.31. The van der Waals surface area contributed by atoms with Crippen LogP contribution in [0.4, 0.5) is 0 Å². The lowest BCUT2D eigenvalue weighted by Gasteiger charge is -2.22. The van der Waals surface area contributed by atoms with Gasteiger partial charge in [0.1, 0.15) is 23.8 Å². The Morgan fingerprint density at radius 2 is 1.54 bits per heavy atom. The van der Waals surface area contributed by atoms with E-state index in [0.29, 0.717) is 34.2 Å². The minimum atomic E-state index is -1.23. The van der Waals surface area contributed by atoms with Crippen molar-refractivity contribution in [3.05, 3.63) is 108 Å². The van der Waals surface area contributed by atoms with Gasteiger partial charge in [-0.25, -0.2) is 9.78 Å². The van der Waals surface area contributed by atoms with Crippen LogP contribution in [0.2, 0.25) is 0 Å². The Morgan fingerprint density at radius 3 is 2.15 bits per heavy atom. The molecule has 0 aliphatic carbocycles. The number of hydrogen-bond donors (Lipinski definition) is 0. The summed E-state index contributed by atoms with van der Waals surface area (Å²) in [6.07, 6.45) is -1.30. The molecule has 4 rings (SSSR count). The van der Waals surface area contributed by atoms with E-state index in [2.05, 4.69) is 4.98 Å². The van der Waals surface area contributed by atoms with Crippen LogP contribution < -0.4 is 4.74 Å². The molecule has 3 aromatic carbocycles. The average Bonchev–Trinajstić information content (AvgIpc) is 3.34. The highest BCUT2D eigenvalue weighted by molar-refractivity contribution is 6.01. The van der Waals surface area contributed by atoms with E-state index in [-0.39, 0.29) is 18.8 Å². The van der Waals surface area contributed by atoms with E-state index in [1.807, 2.05) is 43.3 Å². The molecule has 0 saturated heterocycles. The highest BCUT2D eigenvalue weighted by Crippen LogP contribution is 2.30. The van der Waals surface area contributed by atoms with Gasteiger partial charge in [-0.05, 0) is 36.8 Å².